The van der Waals surface area contributed by atoms with Crippen LogP contribution in [0.4, 0.5) is 4.79 Å². The average molecular weight is 488 g/mol. The van der Waals surface area contributed by atoms with Gasteiger partial charge < -0.3 is 19.9 Å². The Morgan fingerprint density at radius 2 is 1.67 bits per heavy atom. The number of hydrogen-bond donors (Lipinski definition) is 2. The predicted octanol–water partition coefficient (Wildman–Crippen LogP) is 4.06. The average Bonchev–Trinajstić information content (AvgIpc) is 3.38. The Kier molecular flexibility index (Phi) is 6.13. The zero-order chi connectivity index (χ0) is 24.6. The van der Waals surface area contributed by atoms with E-state index >= 15 is 0 Å². The Morgan fingerprint density at radius 3 is 2.39 bits per heavy atom. The van der Waals surface area contributed by atoms with Crippen LogP contribution in [0, 0.1) is 5.92 Å². The van der Waals surface area contributed by atoms with Gasteiger partial charge in [0.05, 0.1) is 29.3 Å². The summed E-state index contributed by atoms with van der Waals surface area (Å²) < 4.78 is 2.38. The van der Waals surface area contributed by atoms with Crippen molar-refractivity contribution in [1.82, 2.24) is 24.7 Å². The highest BCUT2D eigenvalue weighted by molar-refractivity contribution is 5.82. The van der Waals surface area contributed by atoms with Crippen LogP contribution in [0.5, 0.6) is 0 Å². The van der Waals surface area contributed by atoms with Gasteiger partial charge in [-0.2, -0.15) is 0 Å². The first-order valence-corrected chi connectivity index (χ1v) is 13.1. The van der Waals surface area contributed by atoms with Gasteiger partial charge in [0.1, 0.15) is 0 Å². The number of benzene rings is 2. The number of carboxylic acid groups (broad SMARTS) is 1. The van der Waals surface area contributed by atoms with Crippen molar-refractivity contribution in [2.75, 3.05) is 19.6 Å². The normalized spacial score (nSPS) is 25.0. The standard InChI is InChI=1S/C28H33N5O3/c34-27(20-16-31(17-20)28(35)36)30-24(19-6-2-1-3-7-19)12-13-32-21-10-11-22(32)15-23(14-21)33-18-29-25-8-4-5-9-26(25)33/h1-9,18,20-24H,10-17H2,(H,30,34)(H,35,36)/t21-,22+,23+,24-/m0/s1. The van der Waals surface area contributed by atoms with Crippen molar-refractivity contribution in [3.8, 4) is 0 Å². The van der Waals surface area contributed by atoms with Gasteiger partial charge in [0.2, 0.25) is 5.91 Å². The van der Waals surface area contributed by atoms with E-state index in [9.17, 15) is 9.59 Å². The van der Waals surface area contributed by atoms with Crippen LogP contribution in [0.15, 0.2) is 60.9 Å². The van der Waals surface area contributed by atoms with Gasteiger partial charge >= 0.3 is 6.09 Å². The van der Waals surface area contributed by atoms with Crippen molar-refractivity contribution in [3.63, 3.8) is 0 Å². The fraction of sp³-hybridized carbons (Fsp3) is 0.464. The molecule has 36 heavy (non-hydrogen) atoms. The zero-order valence-corrected chi connectivity index (χ0v) is 20.4. The molecule has 3 saturated heterocycles. The van der Waals surface area contributed by atoms with E-state index in [1.807, 2.05) is 30.6 Å². The largest absolute Gasteiger partial charge is 0.465 e. The molecule has 1 aromatic heterocycles. The lowest BCUT2D eigenvalue weighted by Gasteiger charge is -2.40. The molecule has 6 rings (SSSR count). The molecule has 0 radical (unpaired) electrons. The molecule has 188 valence electrons. The van der Waals surface area contributed by atoms with Crippen molar-refractivity contribution >= 4 is 23.0 Å². The molecule has 8 nitrogen and oxygen atoms in total. The minimum Gasteiger partial charge on any atom is -0.465 e. The lowest BCUT2D eigenvalue weighted by atomic mass is 9.94. The number of para-hydroxylation sites is 2. The number of nitrogens with one attached hydrogen (secondary N) is 1. The molecule has 4 atom stereocenters. The molecule has 3 aliphatic heterocycles. The van der Waals surface area contributed by atoms with Crippen molar-refractivity contribution in [2.45, 2.75) is 56.3 Å². The number of nitrogens with zero attached hydrogens (tertiary/aromatic N) is 4. The molecule has 3 aliphatic rings. The third-order valence-electron chi connectivity index (χ3n) is 8.45. The van der Waals surface area contributed by atoms with Crippen LogP contribution < -0.4 is 5.32 Å². The maximum Gasteiger partial charge on any atom is 0.407 e. The minimum absolute atomic E-state index is 0.0463. The number of rotatable bonds is 7. The zero-order valence-electron chi connectivity index (χ0n) is 20.4. The number of imidazole rings is 1. The molecule has 2 N–H and O–H groups in total. The molecule has 0 aliphatic carbocycles. The summed E-state index contributed by atoms with van der Waals surface area (Å²) in [5.41, 5.74) is 3.39. The van der Waals surface area contributed by atoms with Gasteiger partial charge in [0, 0.05) is 37.8 Å². The fourth-order valence-corrected chi connectivity index (χ4v) is 6.48. The van der Waals surface area contributed by atoms with E-state index in [1.54, 1.807) is 0 Å². The molecular formula is C28H33N5O3. The molecule has 0 unspecified atom stereocenters. The summed E-state index contributed by atoms with van der Waals surface area (Å²) in [6, 6.07) is 20.0. The molecule has 0 spiro atoms. The highest BCUT2D eigenvalue weighted by Gasteiger charge is 2.42. The highest BCUT2D eigenvalue weighted by atomic mass is 16.4. The number of fused-ring (bicyclic) bond motifs is 3. The lowest BCUT2D eigenvalue weighted by molar-refractivity contribution is -0.130. The number of carbonyl (C=O) groups is 2. The molecule has 4 heterocycles. The second-order valence-electron chi connectivity index (χ2n) is 10.5. The molecule has 2 amide bonds. The van der Waals surface area contributed by atoms with Gasteiger partial charge in [-0.25, -0.2) is 9.78 Å². The molecule has 3 aromatic rings. The van der Waals surface area contributed by atoms with Crippen molar-refractivity contribution in [3.05, 3.63) is 66.5 Å². The molecule has 2 aromatic carbocycles. The first kappa shape index (κ1) is 23.0. The van der Waals surface area contributed by atoms with Crippen LogP contribution in [0.2, 0.25) is 0 Å². The number of carbonyl (C=O) groups excluding carboxylic acids is 1. The van der Waals surface area contributed by atoms with E-state index in [0.29, 0.717) is 18.1 Å². The van der Waals surface area contributed by atoms with Gasteiger partial charge in [-0.15, -0.1) is 0 Å². The Hall–Kier alpha value is -3.39. The summed E-state index contributed by atoms with van der Waals surface area (Å²) in [6.45, 7) is 1.50. The number of hydrogen-bond acceptors (Lipinski definition) is 4. The first-order valence-electron chi connectivity index (χ1n) is 13.1. The van der Waals surface area contributed by atoms with Gasteiger partial charge in [0.15, 0.2) is 0 Å². The number of likely N-dealkylation sites (tertiary alicyclic amines) is 1. The van der Waals surface area contributed by atoms with E-state index in [0.717, 1.165) is 36.9 Å². The molecular weight excluding hydrogens is 454 g/mol. The molecule has 8 heteroatoms. The van der Waals surface area contributed by atoms with E-state index in [2.05, 4.69) is 50.1 Å². The van der Waals surface area contributed by atoms with Gasteiger partial charge in [-0.1, -0.05) is 42.5 Å². The van der Waals surface area contributed by atoms with Crippen molar-refractivity contribution < 1.29 is 14.7 Å². The second-order valence-corrected chi connectivity index (χ2v) is 10.5. The smallest absolute Gasteiger partial charge is 0.407 e. The number of aromatic nitrogens is 2. The van der Waals surface area contributed by atoms with Crippen LogP contribution in [0.1, 0.15) is 49.8 Å². The van der Waals surface area contributed by atoms with Gasteiger partial charge in [-0.3, -0.25) is 9.69 Å². The third kappa shape index (κ3) is 4.34. The SMILES string of the molecule is O=C(N[C@@H](CCN1[C@@H]2CC[C@H]1C[C@@H](n1cnc3ccccc31)C2)c1ccccc1)C1CN(C(=O)O)C1. The monoisotopic (exact) mass is 487 g/mol. The summed E-state index contributed by atoms with van der Waals surface area (Å²) in [7, 11) is 0. The van der Waals surface area contributed by atoms with E-state index < -0.39 is 6.09 Å². The predicted molar refractivity (Wildman–Crippen MR) is 137 cm³/mol. The topological polar surface area (TPSA) is 90.7 Å². The summed E-state index contributed by atoms with van der Waals surface area (Å²) in [5.74, 6) is -0.306. The molecule has 2 bridgehead atoms. The Bertz CT molecular complexity index is 1220. The maximum atomic E-state index is 12.9. The number of piperidine rings is 1. The van der Waals surface area contributed by atoms with Gasteiger partial charge in [0.25, 0.3) is 0 Å². The van der Waals surface area contributed by atoms with Crippen LogP contribution in [0.3, 0.4) is 0 Å². The summed E-state index contributed by atoms with van der Waals surface area (Å²) in [5, 5.41) is 12.3. The maximum absolute atomic E-state index is 12.9. The minimum atomic E-state index is -0.957. The highest BCUT2D eigenvalue weighted by Crippen LogP contribution is 2.42. The number of amides is 2. The third-order valence-corrected chi connectivity index (χ3v) is 8.45. The Balaban J connectivity index is 1.11. The summed E-state index contributed by atoms with van der Waals surface area (Å²) in [6.07, 6.45) is 6.61. The second kappa shape index (κ2) is 9.58. The lowest BCUT2D eigenvalue weighted by Crippen LogP contribution is -2.55. The summed E-state index contributed by atoms with van der Waals surface area (Å²) >= 11 is 0. The first-order chi connectivity index (χ1) is 17.6. The Morgan fingerprint density at radius 1 is 0.972 bits per heavy atom. The van der Waals surface area contributed by atoms with Crippen LogP contribution >= 0.6 is 0 Å². The van der Waals surface area contributed by atoms with Crippen LogP contribution in [-0.4, -0.2) is 68.2 Å². The van der Waals surface area contributed by atoms with Gasteiger partial charge in [-0.05, 0) is 49.8 Å². The fourth-order valence-electron chi connectivity index (χ4n) is 6.48. The van der Waals surface area contributed by atoms with E-state index in [4.69, 9.17) is 5.11 Å². The van der Waals surface area contributed by atoms with Crippen molar-refractivity contribution in [2.24, 2.45) is 5.92 Å². The molecule has 0 saturated carbocycles. The van der Waals surface area contributed by atoms with E-state index in [-0.39, 0.29) is 31.0 Å². The molecule has 3 fully saturated rings. The van der Waals surface area contributed by atoms with Crippen molar-refractivity contribution in [1.29, 1.82) is 0 Å². The van der Waals surface area contributed by atoms with Crippen LogP contribution in [0.25, 0.3) is 11.0 Å². The van der Waals surface area contributed by atoms with E-state index in [1.165, 1.54) is 23.3 Å². The summed E-state index contributed by atoms with van der Waals surface area (Å²) in [4.78, 5) is 32.6. The quantitative estimate of drug-likeness (QED) is 0.525. The van der Waals surface area contributed by atoms with Crippen LogP contribution in [-0.2, 0) is 4.79 Å². The Labute approximate surface area is 210 Å².